The van der Waals surface area contributed by atoms with E-state index in [1.54, 1.807) is 6.92 Å². The van der Waals surface area contributed by atoms with Crippen molar-refractivity contribution in [1.29, 1.82) is 0 Å². The van der Waals surface area contributed by atoms with Crippen molar-refractivity contribution < 1.29 is 9.84 Å². The normalized spacial score (nSPS) is 11.6. The first-order chi connectivity index (χ1) is 11.0. The summed E-state index contributed by atoms with van der Waals surface area (Å²) in [6, 6.07) is 2.34. The fourth-order valence-corrected chi connectivity index (χ4v) is 1.65. The summed E-state index contributed by atoms with van der Waals surface area (Å²) in [5, 5.41) is 13.0. The van der Waals surface area contributed by atoms with Crippen LogP contribution in [-0.2, 0) is 4.74 Å². The summed E-state index contributed by atoms with van der Waals surface area (Å²) in [5.41, 5.74) is 2.11. The number of aromatic nitrogens is 1. The van der Waals surface area contributed by atoms with Gasteiger partial charge in [0.15, 0.2) is 0 Å². The molecule has 23 heavy (non-hydrogen) atoms. The fraction of sp³-hybridized carbons (Fsp3) is 0.579. The highest BCUT2D eigenvalue weighted by atomic mass is 16.5. The van der Waals surface area contributed by atoms with Gasteiger partial charge in [-0.3, -0.25) is 0 Å². The molecule has 0 saturated heterocycles. The molecule has 0 aromatic carbocycles. The highest BCUT2D eigenvalue weighted by Crippen LogP contribution is 2.19. The average molecular weight is 322 g/mol. The number of hydrogen-bond acceptors (Lipinski definition) is 3. The molecular weight excluding hydrogens is 288 g/mol. The molecule has 0 saturated carbocycles. The van der Waals surface area contributed by atoms with Gasteiger partial charge in [0.05, 0.1) is 0 Å². The number of aryl methyl sites for hydroxylation is 1. The number of aliphatic hydroxyl groups excluding tert-OH is 1. The van der Waals surface area contributed by atoms with Gasteiger partial charge in [-0.05, 0) is 32.9 Å². The third kappa shape index (κ3) is 11.5. The van der Waals surface area contributed by atoms with Crippen LogP contribution in [0.3, 0.4) is 0 Å². The number of H-pyrrole nitrogens is 1. The third-order valence-electron chi connectivity index (χ3n) is 2.67. The summed E-state index contributed by atoms with van der Waals surface area (Å²) in [4.78, 5) is 3.12. The fourth-order valence-electron chi connectivity index (χ4n) is 1.65. The van der Waals surface area contributed by atoms with E-state index in [2.05, 4.69) is 22.6 Å². The Morgan fingerprint density at radius 2 is 2.04 bits per heavy atom. The zero-order valence-electron chi connectivity index (χ0n) is 15.7. The van der Waals surface area contributed by atoms with Gasteiger partial charge >= 0.3 is 0 Å². The number of ether oxygens (including phenoxy) is 1. The smallest absolute Gasteiger partial charge is 0.124 e. The van der Waals surface area contributed by atoms with Crippen LogP contribution in [0.15, 0.2) is 18.3 Å². The van der Waals surface area contributed by atoms with Gasteiger partial charge in [0.25, 0.3) is 0 Å². The summed E-state index contributed by atoms with van der Waals surface area (Å²) < 4.78 is 5.66. The number of aromatic amines is 1. The lowest BCUT2D eigenvalue weighted by Crippen LogP contribution is -2.34. The lowest BCUT2D eigenvalue weighted by Gasteiger charge is -2.16. The number of rotatable bonds is 7. The minimum Gasteiger partial charge on any atom is -0.490 e. The van der Waals surface area contributed by atoms with Crippen molar-refractivity contribution in [3.05, 3.63) is 29.6 Å². The minimum absolute atomic E-state index is 0.296. The first kappa shape index (κ1) is 23.6. The summed E-state index contributed by atoms with van der Waals surface area (Å²) in [6.07, 6.45) is 7.90. The van der Waals surface area contributed by atoms with Gasteiger partial charge in [-0.1, -0.05) is 27.7 Å². The second kappa shape index (κ2) is 15.2. The molecule has 1 heterocycles. The molecule has 1 aromatic heterocycles. The lowest BCUT2D eigenvalue weighted by molar-refractivity contribution is 0.0911. The summed E-state index contributed by atoms with van der Waals surface area (Å²) in [6.45, 7) is 14.5. The van der Waals surface area contributed by atoms with Crippen LogP contribution in [0.1, 0.15) is 52.8 Å². The standard InChI is InChI=1S/C14H24N2O2.C3H4.C2H6/c1-5-14(13-6-7-15-11(13)4)18-9-12(17)8-16-10(2)3;1-3-2;1-2/h5-7,10,12,15-17H,8-9H2,1-4H3;1H,2H3;1-2H3/b14-5+;;. The number of aliphatic hydroxyl groups is 1. The van der Waals surface area contributed by atoms with E-state index < -0.39 is 6.10 Å². The van der Waals surface area contributed by atoms with Crippen LogP contribution in [0.2, 0.25) is 0 Å². The monoisotopic (exact) mass is 322 g/mol. The highest BCUT2D eigenvalue weighted by Gasteiger charge is 2.10. The van der Waals surface area contributed by atoms with E-state index in [1.165, 1.54) is 0 Å². The van der Waals surface area contributed by atoms with Crippen molar-refractivity contribution in [2.45, 2.75) is 60.6 Å². The predicted molar refractivity (Wildman–Crippen MR) is 100 cm³/mol. The van der Waals surface area contributed by atoms with E-state index in [4.69, 9.17) is 4.74 Å². The number of terminal acetylenes is 1. The lowest BCUT2D eigenvalue weighted by atomic mass is 10.2. The van der Waals surface area contributed by atoms with Crippen molar-refractivity contribution in [1.82, 2.24) is 10.3 Å². The number of hydrogen-bond donors (Lipinski definition) is 3. The third-order valence-corrected chi connectivity index (χ3v) is 2.67. The van der Waals surface area contributed by atoms with Crippen LogP contribution >= 0.6 is 0 Å². The Morgan fingerprint density at radius 3 is 2.43 bits per heavy atom. The summed E-state index contributed by atoms with van der Waals surface area (Å²) >= 11 is 0. The average Bonchev–Trinajstić information content (AvgIpc) is 2.95. The van der Waals surface area contributed by atoms with E-state index >= 15 is 0 Å². The molecule has 1 rings (SSSR count). The van der Waals surface area contributed by atoms with Crippen LogP contribution in [-0.4, -0.2) is 35.4 Å². The molecule has 0 aliphatic rings. The van der Waals surface area contributed by atoms with E-state index in [-0.39, 0.29) is 0 Å². The maximum atomic E-state index is 9.79. The second-order valence-corrected chi connectivity index (χ2v) is 4.99. The van der Waals surface area contributed by atoms with Crippen LogP contribution in [0.25, 0.3) is 5.76 Å². The zero-order valence-corrected chi connectivity index (χ0v) is 15.7. The Morgan fingerprint density at radius 1 is 1.48 bits per heavy atom. The molecule has 0 fully saturated rings. The summed E-state index contributed by atoms with van der Waals surface area (Å²) in [7, 11) is 0. The molecule has 0 radical (unpaired) electrons. The molecule has 1 aromatic rings. The molecule has 0 bridgehead atoms. The predicted octanol–water partition coefficient (Wildman–Crippen LogP) is 3.73. The molecule has 1 atom stereocenters. The van der Waals surface area contributed by atoms with Gasteiger partial charge in [-0.15, -0.1) is 12.3 Å². The van der Waals surface area contributed by atoms with Gasteiger partial charge in [-0.2, -0.15) is 0 Å². The highest BCUT2D eigenvalue weighted by molar-refractivity contribution is 5.61. The van der Waals surface area contributed by atoms with E-state index in [1.807, 2.05) is 59.9 Å². The van der Waals surface area contributed by atoms with Crippen LogP contribution in [0.4, 0.5) is 0 Å². The first-order valence-corrected chi connectivity index (χ1v) is 8.18. The van der Waals surface area contributed by atoms with E-state index in [9.17, 15) is 5.11 Å². The van der Waals surface area contributed by atoms with Crippen molar-refractivity contribution >= 4 is 5.76 Å². The second-order valence-electron chi connectivity index (χ2n) is 4.99. The van der Waals surface area contributed by atoms with Crippen molar-refractivity contribution in [2.75, 3.05) is 13.2 Å². The van der Waals surface area contributed by atoms with Gasteiger partial charge in [0, 0.05) is 30.0 Å². The Labute approximate surface area is 142 Å². The van der Waals surface area contributed by atoms with Gasteiger partial charge in [0.1, 0.15) is 18.5 Å². The Hall–Kier alpha value is -1.70. The molecule has 4 heteroatoms. The van der Waals surface area contributed by atoms with Crippen molar-refractivity contribution in [2.24, 2.45) is 0 Å². The molecule has 0 aliphatic heterocycles. The largest absolute Gasteiger partial charge is 0.490 e. The molecule has 1 unspecified atom stereocenters. The molecule has 4 nitrogen and oxygen atoms in total. The molecule has 0 spiro atoms. The zero-order chi connectivity index (χ0) is 18.3. The maximum Gasteiger partial charge on any atom is 0.124 e. The van der Waals surface area contributed by atoms with Crippen LogP contribution in [0, 0.1) is 19.3 Å². The molecule has 132 valence electrons. The van der Waals surface area contributed by atoms with Crippen molar-refractivity contribution in [3.63, 3.8) is 0 Å². The molecule has 3 N–H and O–H groups in total. The Bertz CT molecular complexity index is 456. The maximum absolute atomic E-state index is 9.79. The molecular formula is C19H34N2O2. The van der Waals surface area contributed by atoms with Crippen LogP contribution < -0.4 is 5.32 Å². The first-order valence-electron chi connectivity index (χ1n) is 8.18. The van der Waals surface area contributed by atoms with Gasteiger partial charge in [-0.25, -0.2) is 0 Å². The Balaban J connectivity index is 0. The molecule has 0 aliphatic carbocycles. The van der Waals surface area contributed by atoms with Gasteiger partial charge < -0.3 is 20.1 Å². The van der Waals surface area contributed by atoms with Crippen LogP contribution in [0.5, 0.6) is 0 Å². The number of allylic oxidation sites excluding steroid dienone is 1. The Kier molecular flexibility index (Phi) is 15.6. The SMILES string of the molecule is C#CC.C/C=C(/OCC(O)CNC(C)C)c1cc[nH]c1C.CC. The summed E-state index contributed by atoms with van der Waals surface area (Å²) in [5.74, 6) is 3.05. The minimum atomic E-state index is -0.499. The number of nitrogens with one attached hydrogen (secondary N) is 2. The quantitative estimate of drug-likeness (QED) is 0.529. The van der Waals surface area contributed by atoms with E-state index in [0.29, 0.717) is 19.2 Å². The molecule has 0 amide bonds. The van der Waals surface area contributed by atoms with Gasteiger partial charge in [0.2, 0.25) is 0 Å². The van der Waals surface area contributed by atoms with Crippen molar-refractivity contribution in [3.8, 4) is 12.3 Å². The topological polar surface area (TPSA) is 57.3 Å². The van der Waals surface area contributed by atoms with E-state index in [0.717, 1.165) is 17.0 Å².